The first kappa shape index (κ1) is 13.7. The fourth-order valence-electron chi connectivity index (χ4n) is 1.86. The molecule has 0 bridgehead atoms. The van der Waals surface area contributed by atoms with E-state index in [0.717, 1.165) is 25.0 Å². The van der Waals surface area contributed by atoms with E-state index < -0.39 is 12.0 Å². The number of nitrogens with zero attached hydrogens (tertiary/aromatic N) is 1. The summed E-state index contributed by atoms with van der Waals surface area (Å²) in [4.78, 5) is 24.3. The molecule has 1 amide bonds. The summed E-state index contributed by atoms with van der Waals surface area (Å²) in [5.41, 5.74) is 1.07. The van der Waals surface area contributed by atoms with Gasteiger partial charge in [0.25, 0.3) is 0 Å². The highest BCUT2D eigenvalue weighted by Crippen LogP contribution is 2.21. The van der Waals surface area contributed by atoms with Crippen LogP contribution in [0.5, 0.6) is 0 Å². The number of hydrogen-bond donors (Lipinski definition) is 2. The molecule has 1 aliphatic rings. The van der Waals surface area contributed by atoms with Crippen molar-refractivity contribution in [2.24, 2.45) is 0 Å². The van der Waals surface area contributed by atoms with Crippen molar-refractivity contribution in [2.45, 2.75) is 39.2 Å². The Morgan fingerprint density at radius 1 is 1.59 bits per heavy atom. The SMILES string of the molecule is CCN(C(=O)CN[C@@H](C)C(=O)O)C1=CCCC1. The summed E-state index contributed by atoms with van der Waals surface area (Å²) in [6, 6.07) is -0.699. The van der Waals surface area contributed by atoms with Gasteiger partial charge in [-0.2, -0.15) is 0 Å². The summed E-state index contributed by atoms with van der Waals surface area (Å²) in [5, 5.41) is 11.4. The number of carboxylic acid groups (broad SMARTS) is 1. The second-order valence-corrected chi connectivity index (χ2v) is 4.17. The van der Waals surface area contributed by atoms with Gasteiger partial charge in [0, 0.05) is 12.2 Å². The van der Waals surface area contributed by atoms with Crippen LogP contribution in [0, 0.1) is 0 Å². The van der Waals surface area contributed by atoms with Crippen LogP contribution in [-0.4, -0.2) is 41.0 Å². The summed E-state index contributed by atoms with van der Waals surface area (Å²) < 4.78 is 0. The largest absolute Gasteiger partial charge is 0.480 e. The number of aliphatic carboxylic acids is 1. The number of rotatable bonds is 6. The van der Waals surface area contributed by atoms with Gasteiger partial charge < -0.3 is 10.0 Å². The highest BCUT2D eigenvalue weighted by Gasteiger charge is 2.19. The van der Waals surface area contributed by atoms with Crippen LogP contribution >= 0.6 is 0 Å². The van der Waals surface area contributed by atoms with Crippen molar-refractivity contribution < 1.29 is 14.7 Å². The first-order valence-corrected chi connectivity index (χ1v) is 6.01. The van der Waals surface area contributed by atoms with E-state index in [1.807, 2.05) is 6.92 Å². The van der Waals surface area contributed by atoms with E-state index in [-0.39, 0.29) is 12.5 Å². The zero-order chi connectivity index (χ0) is 12.8. The van der Waals surface area contributed by atoms with Crippen molar-refractivity contribution in [2.75, 3.05) is 13.1 Å². The minimum Gasteiger partial charge on any atom is -0.480 e. The van der Waals surface area contributed by atoms with E-state index >= 15 is 0 Å². The van der Waals surface area contributed by atoms with E-state index in [0.29, 0.717) is 6.54 Å². The number of carbonyl (C=O) groups is 2. The summed E-state index contributed by atoms with van der Waals surface area (Å²) in [6.07, 6.45) is 5.15. The van der Waals surface area contributed by atoms with Gasteiger partial charge in [-0.15, -0.1) is 0 Å². The Labute approximate surface area is 101 Å². The normalized spacial score (nSPS) is 16.5. The van der Waals surface area contributed by atoms with Crippen molar-refractivity contribution in [1.29, 1.82) is 0 Å². The average molecular weight is 240 g/mol. The van der Waals surface area contributed by atoms with Crippen molar-refractivity contribution >= 4 is 11.9 Å². The lowest BCUT2D eigenvalue weighted by atomic mass is 10.3. The molecule has 0 fully saturated rings. The van der Waals surface area contributed by atoms with E-state index in [2.05, 4.69) is 11.4 Å². The maximum absolute atomic E-state index is 11.9. The maximum Gasteiger partial charge on any atom is 0.320 e. The smallest absolute Gasteiger partial charge is 0.320 e. The van der Waals surface area contributed by atoms with Crippen LogP contribution in [0.4, 0.5) is 0 Å². The molecule has 0 aromatic carbocycles. The molecule has 0 aromatic heterocycles. The Hall–Kier alpha value is -1.36. The third kappa shape index (κ3) is 3.85. The van der Waals surface area contributed by atoms with E-state index in [1.54, 1.807) is 4.90 Å². The third-order valence-electron chi connectivity index (χ3n) is 2.91. The van der Waals surface area contributed by atoms with Gasteiger partial charge in [-0.25, -0.2) is 0 Å². The van der Waals surface area contributed by atoms with Crippen molar-refractivity contribution in [1.82, 2.24) is 10.2 Å². The first-order chi connectivity index (χ1) is 8.06. The monoisotopic (exact) mass is 240 g/mol. The van der Waals surface area contributed by atoms with Crippen LogP contribution in [0.3, 0.4) is 0 Å². The minimum absolute atomic E-state index is 0.0613. The van der Waals surface area contributed by atoms with Gasteiger partial charge in [-0.1, -0.05) is 6.08 Å². The predicted molar refractivity (Wildman–Crippen MR) is 64.4 cm³/mol. The second-order valence-electron chi connectivity index (χ2n) is 4.17. The molecule has 0 aromatic rings. The molecule has 2 N–H and O–H groups in total. The Balaban J connectivity index is 2.47. The second kappa shape index (κ2) is 6.39. The molecule has 96 valence electrons. The van der Waals surface area contributed by atoms with Gasteiger partial charge in [-0.05, 0) is 33.1 Å². The topological polar surface area (TPSA) is 69.6 Å². The van der Waals surface area contributed by atoms with Gasteiger partial charge in [0.15, 0.2) is 0 Å². The van der Waals surface area contributed by atoms with Gasteiger partial charge in [0.05, 0.1) is 6.54 Å². The van der Waals surface area contributed by atoms with Crippen LogP contribution in [0.25, 0.3) is 0 Å². The zero-order valence-electron chi connectivity index (χ0n) is 10.4. The number of carboxylic acids is 1. The lowest BCUT2D eigenvalue weighted by molar-refractivity contribution is -0.139. The van der Waals surface area contributed by atoms with E-state index in [1.165, 1.54) is 6.92 Å². The van der Waals surface area contributed by atoms with Crippen LogP contribution in [0.1, 0.15) is 33.1 Å². The molecule has 1 aliphatic carbocycles. The molecule has 0 saturated heterocycles. The molecular formula is C12H20N2O3. The Kier molecular flexibility index (Phi) is 5.15. The van der Waals surface area contributed by atoms with Crippen LogP contribution in [0.15, 0.2) is 11.8 Å². The molecule has 0 heterocycles. The van der Waals surface area contributed by atoms with Crippen molar-refractivity contribution in [3.63, 3.8) is 0 Å². The van der Waals surface area contributed by atoms with Crippen molar-refractivity contribution in [3.8, 4) is 0 Å². The molecule has 0 unspecified atom stereocenters. The molecule has 1 rings (SSSR count). The molecule has 1 atom stereocenters. The summed E-state index contributed by atoms with van der Waals surface area (Å²) in [5.74, 6) is -1.00. The number of amides is 1. The summed E-state index contributed by atoms with van der Waals surface area (Å²) in [6.45, 7) is 4.16. The van der Waals surface area contributed by atoms with Crippen LogP contribution < -0.4 is 5.32 Å². The molecule has 0 radical (unpaired) electrons. The van der Waals surface area contributed by atoms with Crippen LogP contribution in [0.2, 0.25) is 0 Å². The molecule has 0 spiro atoms. The predicted octanol–water partition coefficient (Wildman–Crippen LogP) is 0.965. The zero-order valence-corrected chi connectivity index (χ0v) is 10.4. The fourth-order valence-corrected chi connectivity index (χ4v) is 1.86. The lowest BCUT2D eigenvalue weighted by Gasteiger charge is -2.23. The van der Waals surface area contributed by atoms with Gasteiger partial charge in [-0.3, -0.25) is 14.9 Å². The maximum atomic E-state index is 11.9. The average Bonchev–Trinajstić information content (AvgIpc) is 2.80. The number of hydrogen-bond acceptors (Lipinski definition) is 3. The molecular weight excluding hydrogens is 220 g/mol. The molecule has 0 saturated carbocycles. The van der Waals surface area contributed by atoms with Gasteiger partial charge in [0.2, 0.25) is 5.91 Å². The number of nitrogens with one attached hydrogen (secondary N) is 1. The van der Waals surface area contributed by atoms with Gasteiger partial charge in [0.1, 0.15) is 6.04 Å². The molecule has 5 heteroatoms. The van der Waals surface area contributed by atoms with E-state index in [9.17, 15) is 9.59 Å². The third-order valence-corrected chi connectivity index (χ3v) is 2.91. The lowest BCUT2D eigenvalue weighted by Crippen LogP contribution is -2.42. The van der Waals surface area contributed by atoms with E-state index in [4.69, 9.17) is 5.11 Å². The van der Waals surface area contributed by atoms with Crippen LogP contribution in [-0.2, 0) is 9.59 Å². The van der Waals surface area contributed by atoms with Gasteiger partial charge >= 0.3 is 5.97 Å². The van der Waals surface area contributed by atoms with Crippen molar-refractivity contribution in [3.05, 3.63) is 11.8 Å². The Morgan fingerprint density at radius 2 is 2.29 bits per heavy atom. The number of allylic oxidation sites excluding steroid dienone is 2. The highest BCUT2D eigenvalue weighted by atomic mass is 16.4. The molecule has 17 heavy (non-hydrogen) atoms. The number of carbonyl (C=O) groups excluding carboxylic acids is 1. The molecule has 0 aliphatic heterocycles. The first-order valence-electron chi connectivity index (χ1n) is 6.01. The standard InChI is InChI=1S/C12H20N2O3/c1-3-14(10-6-4-5-7-10)11(15)8-13-9(2)12(16)17/h6,9,13H,3-5,7-8H2,1-2H3,(H,16,17)/t9-/m0/s1. The Morgan fingerprint density at radius 3 is 2.76 bits per heavy atom. The summed E-state index contributed by atoms with van der Waals surface area (Å²) in [7, 11) is 0. The number of likely N-dealkylation sites (N-methyl/N-ethyl adjacent to an activating group) is 1. The highest BCUT2D eigenvalue weighted by molar-refractivity contribution is 5.81. The summed E-state index contributed by atoms with van der Waals surface area (Å²) >= 11 is 0. The Bertz CT molecular complexity index is 326. The fraction of sp³-hybridized carbons (Fsp3) is 0.667. The quantitative estimate of drug-likeness (QED) is 0.725. The molecule has 5 nitrogen and oxygen atoms in total. The minimum atomic E-state index is -0.944.